The molecule has 28 heavy (non-hydrogen) atoms. The first-order chi connectivity index (χ1) is 13.2. The van der Waals surface area contributed by atoms with E-state index in [9.17, 15) is 31.5 Å². The monoisotopic (exact) mass is 427 g/mol. The quantitative estimate of drug-likeness (QED) is 0.452. The zero-order chi connectivity index (χ0) is 20.6. The first-order valence-corrected chi connectivity index (χ1v) is 9.43. The van der Waals surface area contributed by atoms with Gasteiger partial charge >= 0.3 is 5.97 Å². The van der Waals surface area contributed by atoms with Crippen molar-refractivity contribution in [3.05, 3.63) is 33.7 Å². The average Bonchev–Trinajstić information content (AvgIpc) is 2.68. The summed E-state index contributed by atoms with van der Waals surface area (Å²) in [4.78, 5) is 26.8. The molecule has 0 bridgehead atoms. The minimum Gasteiger partial charge on any atom is -0.452 e. The summed E-state index contributed by atoms with van der Waals surface area (Å²) in [5, 5.41) is 0.0811. The van der Waals surface area contributed by atoms with Crippen molar-refractivity contribution in [2.75, 3.05) is 0 Å². The Balaban J connectivity index is 1.73. The molecule has 10 heteroatoms. The van der Waals surface area contributed by atoms with E-state index >= 15 is 0 Å². The second-order valence-corrected chi connectivity index (χ2v) is 7.81. The van der Waals surface area contributed by atoms with Crippen molar-refractivity contribution in [2.24, 2.45) is 0 Å². The summed E-state index contributed by atoms with van der Waals surface area (Å²) < 4.78 is 72.2. The Hall–Kier alpha value is -1.64. The minimum absolute atomic E-state index is 0.0534. The van der Waals surface area contributed by atoms with E-state index in [1.165, 1.54) is 6.07 Å². The van der Waals surface area contributed by atoms with Crippen molar-refractivity contribution in [1.29, 1.82) is 0 Å². The van der Waals surface area contributed by atoms with E-state index < -0.39 is 54.1 Å². The molecule has 0 amide bonds. The second-order valence-electron chi connectivity index (χ2n) is 7.20. The first kappa shape index (κ1) is 21.1. The molecule has 156 valence electrons. The number of hydrogen-bond donors (Lipinski definition) is 1. The summed E-state index contributed by atoms with van der Waals surface area (Å²) >= 11 is 6.04. The molecule has 1 heterocycles. The molecule has 1 N–H and O–H groups in total. The van der Waals surface area contributed by atoms with Gasteiger partial charge in [-0.05, 0) is 43.7 Å². The molecule has 1 aromatic rings. The highest BCUT2D eigenvalue weighted by Crippen LogP contribution is 2.35. The highest BCUT2D eigenvalue weighted by Gasteiger charge is 2.55. The lowest BCUT2D eigenvalue weighted by Crippen LogP contribution is -2.57. The molecular weight excluding hydrogens is 409 g/mol. The van der Waals surface area contributed by atoms with Crippen LogP contribution in [-0.2, 0) is 4.74 Å². The van der Waals surface area contributed by atoms with E-state index in [0.717, 1.165) is 31.7 Å². The van der Waals surface area contributed by atoms with Crippen molar-refractivity contribution >= 4 is 17.6 Å². The Morgan fingerprint density at radius 3 is 2.00 bits per heavy atom. The molecule has 2 fully saturated rings. The number of carbonyl (C=O) groups is 1. The molecule has 2 aliphatic rings. The van der Waals surface area contributed by atoms with Gasteiger partial charge in [-0.3, -0.25) is 4.79 Å². The van der Waals surface area contributed by atoms with Crippen molar-refractivity contribution in [2.45, 2.75) is 73.9 Å². The van der Waals surface area contributed by atoms with E-state index in [1.54, 1.807) is 0 Å². The van der Waals surface area contributed by atoms with Crippen molar-refractivity contribution in [3.63, 3.8) is 0 Å². The van der Waals surface area contributed by atoms with Gasteiger partial charge in [-0.2, -0.15) is 0 Å². The number of esters is 1. The molecule has 0 spiro atoms. The summed E-state index contributed by atoms with van der Waals surface area (Å²) in [6.07, 6.45) is -14.1. The third-order valence-electron chi connectivity index (χ3n) is 5.34. The number of carbonyl (C=O) groups excluding carboxylic acids is 1. The standard InChI is InChI=1S/C18H19ClF5NO3/c19-8-3-1-7(2-4-8)10-6-5-9(17(26)25-10)18(27)28-16-14(23)12(21)11(20)13(22)15(16)24/h5-8,11-16H,1-4H2,(H,25,26). The Morgan fingerprint density at radius 2 is 1.46 bits per heavy atom. The van der Waals surface area contributed by atoms with Gasteiger partial charge in [-0.25, -0.2) is 26.7 Å². The van der Waals surface area contributed by atoms with Crippen LogP contribution in [0.3, 0.4) is 0 Å². The minimum atomic E-state index is -2.99. The lowest BCUT2D eigenvalue weighted by Gasteiger charge is -2.35. The lowest BCUT2D eigenvalue weighted by molar-refractivity contribution is -0.129. The number of pyridine rings is 1. The van der Waals surface area contributed by atoms with Gasteiger partial charge in [0.05, 0.1) is 0 Å². The smallest absolute Gasteiger partial charge is 0.344 e. The van der Waals surface area contributed by atoms with Gasteiger partial charge < -0.3 is 9.72 Å². The number of alkyl halides is 6. The van der Waals surface area contributed by atoms with E-state index in [4.69, 9.17) is 11.6 Å². The predicted molar refractivity (Wildman–Crippen MR) is 91.6 cm³/mol. The summed E-state index contributed by atoms with van der Waals surface area (Å²) in [7, 11) is 0. The molecule has 2 aliphatic carbocycles. The topological polar surface area (TPSA) is 59.2 Å². The zero-order valence-electron chi connectivity index (χ0n) is 14.6. The summed E-state index contributed by atoms with van der Waals surface area (Å²) in [6.45, 7) is 0. The van der Waals surface area contributed by atoms with Crippen LogP contribution in [0.5, 0.6) is 0 Å². The lowest BCUT2D eigenvalue weighted by atomic mass is 9.86. The van der Waals surface area contributed by atoms with Crippen molar-refractivity contribution in [1.82, 2.24) is 4.98 Å². The number of aromatic nitrogens is 1. The number of halogens is 6. The van der Waals surface area contributed by atoms with Gasteiger partial charge in [-0.15, -0.1) is 11.6 Å². The van der Waals surface area contributed by atoms with Crippen LogP contribution in [0.2, 0.25) is 0 Å². The number of aromatic amines is 1. The molecule has 3 rings (SSSR count). The highest BCUT2D eigenvalue weighted by molar-refractivity contribution is 6.20. The molecule has 4 nitrogen and oxygen atoms in total. The number of hydrogen-bond acceptors (Lipinski definition) is 3. The second kappa shape index (κ2) is 8.39. The molecule has 4 atom stereocenters. The molecule has 2 saturated carbocycles. The fraction of sp³-hybridized carbons (Fsp3) is 0.667. The van der Waals surface area contributed by atoms with E-state index in [1.807, 2.05) is 0 Å². The van der Waals surface area contributed by atoms with Crippen LogP contribution in [0.4, 0.5) is 22.0 Å². The third kappa shape index (κ3) is 4.04. The van der Waals surface area contributed by atoms with Crippen LogP contribution in [0, 0.1) is 0 Å². The maximum atomic E-state index is 13.8. The maximum absolute atomic E-state index is 13.8. The zero-order valence-corrected chi connectivity index (χ0v) is 15.4. The Kier molecular flexibility index (Phi) is 6.31. The van der Waals surface area contributed by atoms with Gasteiger partial charge in [0.2, 0.25) is 0 Å². The van der Waals surface area contributed by atoms with Gasteiger partial charge in [-0.1, -0.05) is 0 Å². The van der Waals surface area contributed by atoms with Crippen LogP contribution in [0.1, 0.15) is 47.7 Å². The molecule has 4 unspecified atom stereocenters. The van der Waals surface area contributed by atoms with E-state index in [0.29, 0.717) is 5.69 Å². The van der Waals surface area contributed by atoms with E-state index in [2.05, 4.69) is 9.72 Å². The van der Waals surface area contributed by atoms with Crippen LogP contribution in [-0.4, -0.2) is 53.3 Å². The van der Waals surface area contributed by atoms with Crippen LogP contribution < -0.4 is 5.56 Å². The third-order valence-corrected chi connectivity index (χ3v) is 5.77. The summed E-state index contributed by atoms with van der Waals surface area (Å²) in [5.41, 5.74) is -0.834. The average molecular weight is 428 g/mol. The predicted octanol–water partition coefficient (Wildman–Crippen LogP) is 3.87. The molecular formula is C18H19ClF5NO3. The van der Waals surface area contributed by atoms with Gasteiger partial charge in [0, 0.05) is 11.1 Å². The number of ether oxygens (including phenoxy) is 1. The fourth-order valence-corrected chi connectivity index (χ4v) is 3.89. The Labute approximate surface area is 162 Å². The number of nitrogens with one attached hydrogen (secondary N) is 1. The molecule has 0 radical (unpaired) electrons. The van der Waals surface area contributed by atoms with Gasteiger partial charge in [0.25, 0.3) is 5.56 Å². The van der Waals surface area contributed by atoms with Gasteiger partial charge in [0.1, 0.15) is 5.56 Å². The fourth-order valence-electron chi connectivity index (χ4n) is 3.63. The van der Waals surface area contributed by atoms with Gasteiger partial charge in [0.15, 0.2) is 37.0 Å². The van der Waals surface area contributed by atoms with Crippen molar-refractivity contribution in [3.8, 4) is 0 Å². The summed E-state index contributed by atoms with van der Waals surface area (Å²) in [5.74, 6) is -1.39. The highest BCUT2D eigenvalue weighted by atomic mass is 35.5. The largest absolute Gasteiger partial charge is 0.452 e. The number of H-pyrrole nitrogens is 1. The maximum Gasteiger partial charge on any atom is 0.344 e. The SMILES string of the molecule is O=C(OC1C(F)C(F)C(F)C(F)C1F)c1ccc(C2CCC(Cl)CC2)[nH]c1=O. The Morgan fingerprint density at radius 1 is 0.929 bits per heavy atom. The molecule has 0 aromatic carbocycles. The van der Waals surface area contributed by atoms with E-state index in [-0.39, 0.29) is 11.3 Å². The Bertz CT molecular complexity index is 754. The summed E-state index contributed by atoms with van der Waals surface area (Å²) in [6, 6.07) is 2.61. The first-order valence-electron chi connectivity index (χ1n) is 8.99. The molecule has 1 aromatic heterocycles. The number of rotatable bonds is 3. The molecule has 0 saturated heterocycles. The molecule has 0 aliphatic heterocycles. The van der Waals surface area contributed by atoms with Crippen LogP contribution in [0.15, 0.2) is 16.9 Å². The normalized spacial score (nSPS) is 38.8. The van der Waals surface area contributed by atoms with Crippen LogP contribution >= 0.6 is 11.6 Å². The van der Waals surface area contributed by atoms with Crippen molar-refractivity contribution < 1.29 is 31.5 Å². The van der Waals surface area contributed by atoms with Crippen LogP contribution in [0.25, 0.3) is 0 Å².